The van der Waals surface area contributed by atoms with Crippen LogP contribution in [0, 0.1) is 11.8 Å². The molecule has 0 fully saturated rings. The normalized spacial score (nSPS) is 9.76. The summed E-state index contributed by atoms with van der Waals surface area (Å²) in [6.45, 7) is 0.523. The van der Waals surface area contributed by atoms with Gasteiger partial charge < -0.3 is 15.4 Å². The van der Waals surface area contributed by atoms with Crippen LogP contribution in [0.4, 0.5) is 0 Å². The minimum absolute atomic E-state index is 0.0184. The minimum Gasteiger partial charge on any atom is -0.395 e. The first-order valence-electron chi connectivity index (χ1n) is 6.76. The van der Waals surface area contributed by atoms with Crippen molar-refractivity contribution in [1.82, 2.24) is 15.3 Å². The Morgan fingerprint density at radius 3 is 3.00 bits per heavy atom. The summed E-state index contributed by atoms with van der Waals surface area (Å²) in [4.78, 5) is 19.3. The fraction of sp³-hybridized carbons (Fsp3) is 0.250. The third-order valence-corrected chi connectivity index (χ3v) is 2.83. The number of rotatable bonds is 5. The smallest absolute Gasteiger partial charge is 0.252 e. The number of nitrogens with one attached hydrogen (secondary N) is 2. The van der Waals surface area contributed by atoms with Gasteiger partial charge in [0, 0.05) is 37.3 Å². The summed E-state index contributed by atoms with van der Waals surface area (Å²) < 4.78 is 0. The number of imidazole rings is 1. The molecule has 1 aromatic carbocycles. The maximum absolute atomic E-state index is 12.2. The van der Waals surface area contributed by atoms with E-state index in [4.69, 9.17) is 5.11 Å². The molecule has 0 saturated heterocycles. The molecular formula is C16H17N3O2. The van der Waals surface area contributed by atoms with Crippen molar-refractivity contribution in [2.45, 2.75) is 12.8 Å². The fourth-order valence-corrected chi connectivity index (χ4v) is 1.83. The number of amides is 1. The van der Waals surface area contributed by atoms with E-state index >= 15 is 0 Å². The minimum atomic E-state index is -0.157. The van der Waals surface area contributed by atoms with Crippen LogP contribution in [0.25, 0.3) is 0 Å². The van der Waals surface area contributed by atoms with E-state index in [-0.39, 0.29) is 12.5 Å². The molecule has 0 saturated carbocycles. The molecule has 0 aliphatic rings. The van der Waals surface area contributed by atoms with E-state index in [1.54, 1.807) is 30.6 Å². The number of nitrogens with zero attached hydrogens (tertiary/aromatic N) is 1. The van der Waals surface area contributed by atoms with Gasteiger partial charge in [-0.2, -0.15) is 0 Å². The van der Waals surface area contributed by atoms with Crippen molar-refractivity contribution in [2.75, 3.05) is 13.2 Å². The summed E-state index contributed by atoms with van der Waals surface area (Å²) in [5, 5.41) is 11.6. The predicted octanol–water partition coefficient (Wildman–Crippen LogP) is 1.12. The summed E-state index contributed by atoms with van der Waals surface area (Å²) in [6, 6.07) is 7.18. The van der Waals surface area contributed by atoms with Crippen molar-refractivity contribution in [2.24, 2.45) is 0 Å². The zero-order chi connectivity index (χ0) is 14.9. The first kappa shape index (κ1) is 14.8. The molecule has 0 unspecified atom stereocenters. The third-order valence-electron chi connectivity index (χ3n) is 2.83. The molecule has 1 aromatic heterocycles. The highest BCUT2D eigenvalue weighted by molar-refractivity contribution is 5.96. The van der Waals surface area contributed by atoms with Gasteiger partial charge in [-0.1, -0.05) is 24.0 Å². The average Bonchev–Trinajstić information content (AvgIpc) is 3.01. The van der Waals surface area contributed by atoms with Crippen molar-refractivity contribution in [3.8, 4) is 11.8 Å². The number of aromatic nitrogens is 2. The highest BCUT2D eigenvalue weighted by Gasteiger charge is 2.09. The summed E-state index contributed by atoms with van der Waals surface area (Å²) in [5.41, 5.74) is 1.21. The van der Waals surface area contributed by atoms with Gasteiger partial charge in [0.1, 0.15) is 5.82 Å². The molecule has 0 radical (unpaired) electrons. The van der Waals surface area contributed by atoms with Crippen molar-refractivity contribution in [3.05, 3.63) is 53.6 Å². The maximum atomic E-state index is 12.2. The second kappa shape index (κ2) is 7.88. The lowest BCUT2D eigenvalue weighted by Gasteiger charge is -2.06. The molecule has 5 nitrogen and oxygen atoms in total. The Labute approximate surface area is 123 Å². The van der Waals surface area contributed by atoms with E-state index in [0.29, 0.717) is 30.5 Å². The van der Waals surface area contributed by atoms with Gasteiger partial charge in [-0.15, -0.1) is 0 Å². The topological polar surface area (TPSA) is 78.0 Å². The molecule has 0 aliphatic heterocycles. The fourth-order valence-electron chi connectivity index (χ4n) is 1.83. The van der Waals surface area contributed by atoms with Crippen LogP contribution < -0.4 is 5.32 Å². The van der Waals surface area contributed by atoms with Gasteiger partial charge in [0.2, 0.25) is 0 Å². The summed E-state index contributed by atoms with van der Waals surface area (Å²) in [7, 11) is 0. The summed E-state index contributed by atoms with van der Waals surface area (Å²) >= 11 is 0. The van der Waals surface area contributed by atoms with Gasteiger partial charge in [0.15, 0.2) is 0 Å². The van der Waals surface area contributed by atoms with E-state index < -0.39 is 0 Å². The second-order valence-electron chi connectivity index (χ2n) is 4.36. The van der Waals surface area contributed by atoms with Crippen molar-refractivity contribution in [1.29, 1.82) is 0 Å². The summed E-state index contributed by atoms with van der Waals surface area (Å²) in [5.74, 6) is 6.42. The molecule has 0 spiro atoms. The summed E-state index contributed by atoms with van der Waals surface area (Å²) in [6.07, 6.45) is 4.48. The Balaban J connectivity index is 1.97. The molecule has 1 amide bonds. The Kier molecular flexibility index (Phi) is 5.56. The zero-order valence-corrected chi connectivity index (χ0v) is 11.6. The molecule has 5 heteroatoms. The van der Waals surface area contributed by atoms with Gasteiger partial charge in [-0.05, 0) is 12.1 Å². The number of carbonyl (C=O) groups excluding carboxylic acids is 1. The lowest BCUT2D eigenvalue weighted by Crippen LogP contribution is -2.26. The monoisotopic (exact) mass is 283 g/mol. The van der Waals surface area contributed by atoms with Crippen LogP contribution in [0.1, 0.15) is 28.2 Å². The quantitative estimate of drug-likeness (QED) is 0.719. The van der Waals surface area contributed by atoms with Crippen LogP contribution in [-0.2, 0) is 6.42 Å². The number of hydrogen-bond acceptors (Lipinski definition) is 3. The predicted molar refractivity (Wildman–Crippen MR) is 79.6 cm³/mol. The Bertz CT molecular complexity index is 639. The Morgan fingerprint density at radius 1 is 1.38 bits per heavy atom. The molecule has 2 rings (SSSR count). The van der Waals surface area contributed by atoms with Crippen LogP contribution in [-0.4, -0.2) is 34.1 Å². The Hall–Kier alpha value is -2.58. The second-order valence-corrected chi connectivity index (χ2v) is 4.36. The Morgan fingerprint density at radius 2 is 2.24 bits per heavy atom. The molecule has 0 atom stereocenters. The van der Waals surface area contributed by atoms with Crippen LogP contribution in [0.3, 0.4) is 0 Å². The number of hydrogen-bond donors (Lipinski definition) is 3. The van der Waals surface area contributed by atoms with Crippen molar-refractivity contribution < 1.29 is 9.90 Å². The van der Waals surface area contributed by atoms with E-state index in [2.05, 4.69) is 27.1 Å². The van der Waals surface area contributed by atoms with Gasteiger partial charge in [0.05, 0.1) is 12.2 Å². The van der Waals surface area contributed by atoms with E-state index in [1.165, 1.54) is 0 Å². The van der Waals surface area contributed by atoms with Crippen LogP contribution in [0.15, 0.2) is 36.7 Å². The molecule has 0 aliphatic carbocycles. The number of carbonyl (C=O) groups is 1. The SMILES string of the molecule is O=C(NCCc1ncc[nH]1)c1ccccc1C#CCCO. The highest BCUT2D eigenvalue weighted by Crippen LogP contribution is 2.07. The average molecular weight is 283 g/mol. The molecule has 3 N–H and O–H groups in total. The van der Waals surface area contributed by atoms with Crippen molar-refractivity contribution >= 4 is 5.91 Å². The first-order chi connectivity index (χ1) is 10.3. The number of H-pyrrole nitrogens is 1. The molecule has 0 bridgehead atoms. The van der Waals surface area contributed by atoms with Crippen LogP contribution >= 0.6 is 0 Å². The molecular weight excluding hydrogens is 266 g/mol. The molecule has 2 aromatic rings. The molecule has 21 heavy (non-hydrogen) atoms. The van der Waals surface area contributed by atoms with Crippen LogP contribution in [0.5, 0.6) is 0 Å². The molecule has 1 heterocycles. The van der Waals surface area contributed by atoms with Gasteiger partial charge >= 0.3 is 0 Å². The number of benzene rings is 1. The van der Waals surface area contributed by atoms with E-state index in [1.807, 2.05) is 6.07 Å². The van der Waals surface area contributed by atoms with E-state index in [0.717, 1.165) is 5.82 Å². The van der Waals surface area contributed by atoms with Crippen molar-refractivity contribution in [3.63, 3.8) is 0 Å². The number of aliphatic hydroxyl groups excluding tert-OH is 1. The highest BCUT2D eigenvalue weighted by atomic mass is 16.2. The van der Waals surface area contributed by atoms with Gasteiger partial charge in [-0.3, -0.25) is 4.79 Å². The lowest BCUT2D eigenvalue weighted by molar-refractivity contribution is 0.0954. The first-order valence-corrected chi connectivity index (χ1v) is 6.76. The largest absolute Gasteiger partial charge is 0.395 e. The number of aromatic amines is 1. The maximum Gasteiger partial charge on any atom is 0.252 e. The van der Waals surface area contributed by atoms with Gasteiger partial charge in [-0.25, -0.2) is 4.98 Å². The lowest BCUT2D eigenvalue weighted by atomic mass is 10.1. The third kappa shape index (κ3) is 4.48. The zero-order valence-electron chi connectivity index (χ0n) is 11.6. The van der Waals surface area contributed by atoms with Crippen LogP contribution in [0.2, 0.25) is 0 Å². The number of aliphatic hydroxyl groups is 1. The van der Waals surface area contributed by atoms with E-state index in [9.17, 15) is 4.79 Å². The molecule has 108 valence electrons. The standard InChI is InChI=1S/C16H17N3O2/c20-12-4-3-6-13-5-1-2-7-14(13)16(21)19-9-8-15-17-10-11-18-15/h1-2,5,7,10-11,20H,4,8-9,12H2,(H,17,18)(H,19,21). The van der Waals surface area contributed by atoms with Gasteiger partial charge in [0.25, 0.3) is 5.91 Å².